The number of hydrogen-bond donors (Lipinski definition) is 2. The van der Waals surface area contributed by atoms with Crippen molar-refractivity contribution < 1.29 is 4.79 Å². The zero-order chi connectivity index (χ0) is 15.7. The zero-order valence-corrected chi connectivity index (χ0v) is 13.6. The number of H-pyrrole nitrogens is 1. The van der Waals surface area contributed by atoms with Crippen LogP contribution in [-0.4, -0.2) is 40.1 Å². The van der Waals surface area contributed by atoms with E-state index < -0.39 is 0 Å². The Morgan fingerprint density at radius 3 is 3.00 bits per heavy atom. The molecule has 0 radical (unpaired) electrons. The standard InChI is InChI=1S/C17H26N4O/c1-4-11(2)15-9-16(20-19-15)17(22)21-8-7-14(10-21)18-12(3)13-5-6-13/h9,11,13-14,18H,3-8,10H2,1-2H3,(H,19,20). The van der Waals surface area contributed by atoms with Gasteiger partial charge in [0.1, 0.15) is 5.69 Å². The fourth-order valence-corrected chi connectivity index (χ4v) is 2.95. The topological polar surface area (TPSA) is 61.0 Å². The van der Waals surface area contributed by atoms with Crippen LogP contribution >= 0.6 is 0 Å². The van der Waals surface area contributed by atoms with Crippen molar-refractivity contribution >= 4 is 5.91 Å². The first-order chi connectivity index (χ1) is 10.6. The molecule has 0 spiro atoms. The van der Waals surface area contributed by atoms with E-state index in [0.717, 1.165) is 37.3 Å². The second kappa shape index (κ2) is 6.15. The molecule has 2 N–H and O–H groups in total. The highest BCUT2D eigenvalue weighted by Gasteiger charge is 2.31. The van der Waals surface area contributed by atoms with Crippen molar-refractivity contribution in [1.29, 1.82) is 0 Å². The minimum Gasteiger partial charge on any atom is -0.384 e. The van der Waals surface area contributed by atoms with Gasteiger partial charge in [-0.25, -0.2) is 0 Å². The summed E-state index contributed by atoms with van der Waals surface area (Å²) in [5.41, 5.74) is 2.73. The van der Waals surface area contributed by atoms with E-state index in [4.69, 9.17) is 0 Å². The average molecular weight is 302 g/mol. The SMILES string of the molecule is C=C(NC1CCN(C(=O)c2cc(C(C)CC)[nH]n2)C1)C1CC1. The number of amides is 1. The Hall–Kier alpha value is -1.78. The van der Waals surface area contributed by atoms with E-state index in [2.05, 4.69) is 35.9 Å². The van der Waals surface area contributed by atoms with E-state index in [1.807, 2.05) is 11.0 Å². The van der Waals surface area contributed by atoms with E-state index in [-0.39, 0.29) is 5.91 Å². The van der Waals surface area contributed by atoms with Crippen molar-refractivity contribution in [1.82, 2.24) is 20.4 Å². The molecule has 2 heterocycles. The number of aromatic nitrogens is 2. The molecule has 22 heavy (non-hydrogen) atoms. The average Bonchev–Trinajstić information content (AvgIpc) is 3.08. The molecule has 3 rings (SSSR count). The molecule has 1 amide bonds. The van der Waals surface area contributed by atoms with Crippen LogP contribution in [0.1, 0.15) is 61.6 Å². The van der Waals surface area contributed by atoms with Gasteiger partial charge in [-0.1, -0.05) is 20.4 Å². The molecule has 1 saturated heterocycles. The van der Waals surface area contributed by atoms with Gasteiger partial charge < -0.3 is 10.2 Å². The van der Waals surface area contributed by atoms with Crippen LogP contribution in [0.5, 0.6) is 0 Å². The second-order valence-electron chi connectivity index (χ2n) is 6.70. The summed E-state index contributed by atoms with van der Waals surface area (Å²) in [7, 11) is 0. The van der Waals surface area contributed by atoms with Gasteiger partial charge in [-0.15, -0.1) is 0 Å². The Kier molecular flexibility index (Phi) is 4.23. The summed E-state index contributed by atoms with van der Waals surface area (Å²) in [5, 5.41) is 10.7. The molecule has 5 nitrogen and oxygen atoms in total. The largest absolute Gasteiger partial charge is 0.384 e. The first kappa shape index (κ1) is 15.1. The van der Waals surface area contributed by atoms with Gasteiger partial charge in [-0.2, -0.15) is 5.10 Å². The van der Waals surface area contributed by atoms with Crippen LogP contribution in [0, 0.1) is 5.92 Å². The van der Waals surface area contributed by atoms with Crippen LogP contribution in [0.4, 0.5) is 0 Å². The van der Waals surface area contributed by atoms with Crippen molar-refractivity contribution in [2.45, 2.75) is 51.5 Å². The van der Waals surface area contributed by atoms with Crippen LogP contribution in [0.15, 0.2) is 18.3 Å². The predicted molar refractivity (Wildman–Crippen MR) is 86.6 cm³/mol. The Labute approximate surface area is 132 Å². The van der Waals surface area contributed by atoms with E-state index in [1.165, 1.54) is 12.8 Å². The Morgan fingerprint density at radius 2 is 2.32 bits per heavy atom. The van der Waals surface area contributed by atoms with Gasteiger partial charge in [-0.05, 0) is 43.6 Å². The van der Waals surface area contributed by atoms with Gasteiger partial charge in [0.05, 0.1) is 0 Å². The van der Waals surface area contributed by atoms with Gasteiger partial charge in [0.25, 0.3) is 5.91 Å². The number of hydrogen-bond acceptors (Lipinski definition) is 3. The Balaban J connectivity index is 1.56. The summed E-state index contributed by atoms with van der Waals surface area (Å²) in [6.45, 7) is 9.92. The molecule has 2 aliphatic rings. The highest BCUT2D eigenvalue weighted by Crippen LogP contribution is 2.34. The van der Waals surface area contributed by atoms with Crippen molar-refractivity contribution in [3.63, 3.8) is 0 Å². The van der Waals surface area contributed by atoms with Crippen molar-refractivity contribution in [3.8, 4) is 0 Å². The van der Waals surface area contributed by atoms with Crippen molar-refractivity contribution in [3.05, 3.63) is 29.7 Å². The Bertz CT molecular complexity index is 561. The maximum Gasteiger partial charge on any atom is 0.274 e. The normalized spacial score (nSPS) is 22.6. The minimum absolute atomic E-state index is 0.0344. The number of nitrogens with zero attached hydrogens (tertiary/aromatic N) is 2. The number of carbonyl (C=O) groups excluding carboxylic acids is 1. The minimum atomic E-state index is 0.0344. The monoisotopic (exact) mass is 302 g/mol. The molecule has 2 fully saturated rings. The van der Waals surface area contributed by atoms with Crippen LogP contribution in [0.3, 0.4) is 0 Å². The van der Waals surface area contributed by atoms with Crippen LogP contribution in [0.2, 0.25) is 0 Å². The van der Waals surface area contributed by atoms with Gasteiger partial charge in [0.2, 0.25) is 0 Å². The second-order valence-corrected chi connectivity index (χ2v) is 6.70. The third-order valence-corrected chi connectivity index (χ3v) is 4.90. The molecular weight excluding hydrogens is 276 g/mol. The first-order valence-electron chi connectivity index (χ1n) is 8.38. The lowest BCUT2D eigenvalue weighted by molar-refractivity contribution is 0.0784. The van der Waals surface area contributed by atoms with E-state index >= 15 is 0 Å². The number of allylic oxidation sites excluding steroid dienone is 1. The molecule has 1 aliphatic carbocycles. The van der Waals surface area contributed by atoms with Gasteiger partial charge in [0.15, 0.2) is 0 Å². The summed E-state index contributed by atoms with van der Waals surface area (Å²) in [4.78, 5) is 14.4. The molecule has 1 aliphatic heterocycles. The van der Waals surface area contributed by atoms with E-state index in [9.17, 15) is 4.79 Å². The van der Waals surface area contributed by atoms with Crippen LogP contribution in [-0.2, 0) is 0 Å². The third kappa shape index (κ3) is 3.18. The van der Waals surface area contributed by atoms with E-state index in [1.54, 1.807) is 0 Å². The molecule has 1 aromatic rings. The fourth-order valence-electron chi connectivity index (χ4n) is 2.95. The fraction of sp³-hybridized carbons (Fsp3) is 0.647. The number of rotatable bonds is 6. The predicted octanol–water partition coefficient (Wildman–Crippen LogP) is 2.65. The summed E-state index contributed by atoms with van der Waals surface area (Å²) >= 11 is 0. The molecule has 120 valence electrons. The number of aromatic amines is 1. The van der Waals surface area contributed by atoms with Gasteiger partial charge in [0, 0.05) is 30.5 Å². The molecule has 0 aromatic carbocycles. The van der Waals surface area contributed by atoms with Crippen molar-refractivity contribution in [2.75, 3.05) is 13.1 Å². The highest BCUT2D eigenvalue weighted by molar-refractivity contribution is 5.92. The molecule has 2 atom stereocenters. The molecule has 5 heteroatoms. The lowest BCUT2D eigenvalue weighted by atomic mass is 10.1. The molecule has 1 aromatic heterocycles. The van der Waals surface area contributed by atoms with E-state index in [0.29, 0.717) is 23.6 Å². The zero-order valence-electron chi connectivity index (χ0n) is 13.6. The maximum atomic E-state index is 12.5. The molecule has 2 unspecified atom stereocenters. The van der Waals surface area contributed by atoms with Crippen LogP contribution < -0.4 is 5.32 Å². The lowest BCUT2D eigenvalue weighted by Crippen LogP contribution is -2.35. The quantitative estimate of drug-likeness (QED) is 0.849. The number of carbonyl (C=O) groups is 1. The lowest BCUT2D eigenvalue weighted by Gasteiger charge is -2.17. The number of nitrogens with one attached hydrogen (secondary N) is 2. The summed E-state index contributed by atoms with van der Waals surface area (Å²) in [6, 6.07) is 2.24. The van der Waals surface area contributed by atoms with Gasteiger partial charge in [-0.3, -0.25) is 9.89 Å². The summed E-state index contributed by atoms with van der Waals surface area (Å²) in [5.74, 6) is 1.10. The smallest absolute Gasteiger partial charge is 0.274 e. The highest BCUT2D eigenvalue weighted by atomic mass is 16.2. The molecule has 0 bridgehead atoms. The van der Waals surface area contributed by atoms with Crippen molar-refractivity contribution in [2.24, 2.45) is 5.92 Å². The Morgan fingerprint density at radius 1 is 1.55 bits per heavy atom. The van der Waals surface area contributed by atoms with Gasteiger partial charge >= 0.3 is 0 Å². The summed E-state index contributed by atoms with van der Waals surface area (Å²) < 4.78 is 0. The molecule has 1 saturated carbocycles. The van der Waals surface area contributed by atoms with Crippen LogP contribution in [0.25, 0.3) is 0 Å². The summed E-state index contributed by atoms with van der Waals surface area (Å²) in [6.07, 6.45) is 4.54. The molecular formula is C17H26N4O. The number of likely N-dealkylation sites (tertiary alicyclic amines) is 1. The maximum absolute atomic E-state index is 12.5. The first-order valence-corrected chi connectivity index (χ1v) is 8.38. The third-order valence-electron chi connectivity index (χ3n) is 4.90.